The molecule has 0 atom stereocenters. The van der Waals surface area contributed by atoms with E-state index in [-0.39, 0.29) is 29.9 Å². The molecule has 13 aromatic rings. The van der Waals surface area contributed by atoms with Gasteiger partial charge in [-0.3, -0.25) is 0 Å². The first-order chi connectivity index (χ1) is 37.3. The Balaban J connectivity index is 0.908. The maximum absolute atomic E-state index is 9.30. The molecule has 0 aliphatic rings. The van der Waals surface area contributed by atoms with Crippen LogP contribution in [-0.4, -0.2) is 0 Å². The molecule has 0 N–H and O–H groups in total. The lowest BCUT2D eigenvalue weighted by Crippen LogP contribution is -2.09. The topological polar surface area (TPSA) is 9.72 Å². The van der Waals surface area contributed by atoms with Crippen molar-refractivity contribution in [2.45, 2.75) is 0 Å². The highest BCUT2D eigenvalue weighted by atomic mass is 32.1. The molecule has 13 rings (SSSR count). The second-order valence-electron chi connectivity index (χ2n) is 17.4. The first kappa shape index (κ1) is 37.2. The van der Waals surface area contributed by atoms with Crippen molar-refractivity contribution in [3.05, 3.63) is 273 Å². The number of anilines is 9. The highest BCUT2D eigenvalue weighted by Gasteiger charge is 2.20. The molecule has 0 saturated carbocycles. The standard InChI is InChI=1S/C66H45N3S2/c1-6-16-46(17-7-1)48-26-30-53(31-27-48)67(50-20-10-3-11-21-50)57-34-38-59-61-42-55(36-40-63(61)70-65(59)44-57)69(52-24-14-5-15-25-52)56-37-41-64-62(43-56)60-39-35-58(45-66(60)71-64)68(51-22-12-4-13-23-51)54-32-28-49(29-33-54)47-18-8-2-9-19-47/h1-45H/i5D,14D,15D,24D,25D. The van der Waals surface area contributed by atoms with Crippen LogP contribution in [0.5, 0.6) is 0 Å². The van der Waals surface area contributed by atoms with Crippen LogP contribution in [0, 0.1) is 0 Å². The van der Waals surface area contributed by atoms with Gasteiger partial charge in [0.2, 0.25) is 0 Å². The average molecular weight is 949 g/mol. The number of fused-ring (bicyclic) bond motifs is 6. The van der Waals surface area contributed by atoms with Gasteiger partial charge in [-0.15, -0.1) is 22.7 Å². The molecular weight excluding hydrogens is 899 g/mol. The van der Waals surface area contributed by atoms with Crippen LogP contribution in [0.15, 0.2) is 273 Å². The Kier molecular flexibility index (Phi) is 9.59. The van der Waals surface area contributed by atoms with E-state index in [0.29, 0.717) is 11.4 Å². The molecule has 0 aliphatic carbocycles. The molecule has 0 saturated heterocycles. The van der Waals surface area contributed by atoms with E-state index in [1.165, 1.54) is 11.1 Å². The van der Waals surface area contributed by atoms with E-state index in [1.54, 1.807) is 22.7 Å². The second kappa shape index (κ2) is 18.3. The number of rotatable bonds is 11. The Hall–Kier alpha value is -8.74. The van der Waals surface area contributed by atoms with Gasteiger partial charge in [-0.2, -0.15) is 0 Å². The molecule has 2 heterocycles. The third-order valence-corrected chi connectivity index (χ3v) is 15.4. The summed E-state index contributed by atoms with van der Waals surface area (Å²) in [5.74, 6) is 0. The van der Waals surface area contributed by atoms with Crippen molar-refractivity contribution in [2.75, 3.05) is 14.7 Å². The highest BCUT2D eigenvalue weighted by Crippen LogP contribution is 2.46. The summed E-state index contributed by atoms with van der Waals surface area (Å²) < 4.78 is 49.1. The summed E-state index contributed by atoms with van der Waals surface area (Å²) in [6.07, 6.45) is 0. The monoisotopic (exact) mass is 948 g/mol. The van der Waals surface area contributed by atoms with Gasteiger partial charge in [-0.05, 0) is 144 Å². The van der Waals surface area contributed by atoms with Crippen LogP contribution in [-0.2, 0) is 0 Å². The van der Waals surface area contributed by atoms with Crippen molar-refractivity contribution >= 4 is 114 Å². The first-order valence-electron chi connectivity index (χ1n) is 26.1. The van der Waals surface area contributed by atoms with Gasteiger partial charge < -0.3 is 14.7 Å². The lowest BCUT2D eigenvalue weighted by molar-refractivity contribution is 1.29. The summed E-state index contributed by atoms with van der Waals surface area (Å²) in [6, 6.07) is 82.7. The van der Waals surface area contributed by atoms with Crippen molar-refractivity contribution in [2.24, 2.45) is 0 Å². The molecule has 11 aromatic carbocycles. The maximum Gasteiger partial charge on any atom is 0.0645 e. The number of hydrogen-bond donors (Lipinski definition) is 0. The predicted molar refractivity (Wildman–Crippen MR) is 307 cm³/mol. The maximum atomic E-state index is 9.30. The van der Waals surface area contributed by atoms with E-state index in [2.05, 4.69) is 216 Å². The zero-order valence-corrected chi connectivity index (χ0v) is 39.9. The molecule has 0 amide bonds. The van der Waals surface area contributed by atoms with Crippen LogP contribution in [0.3, 0.4) is 0 Å². The Bertz CT molecular complexity index is 4010. The summed E-state index contributed by atoms with van der Waals surface area (Å²) >= 11 is 3.41. The summed E-state index contributed by atoms with van der Waals surface area (Å²) in [6.45, 7) is 0. The summed E-state index contributed by atoms with van der Waals surface area (Å²) in [4.78, 5) is 6.39. The van der Waals surface area contributed by atoms with E-state index >= 15 is 0 Å². The van der Waals surface area contributed by atoms with Gasteiger partial charge in [0.05, 0.1) is 6.85 Å². The van der Waals surface area contributed by atoms with Crippen molar-refractivity contribution in [1.29, 1.82) is 0 Å². The fourth-order valence-corrected chi connectivity index (χ4v) is 12.0. The molecule has 0 fully saturated rings. The van der Waals surface area contributed by atoms with Gasteiger partial charge >= 0.3 is 0 Å². The zero-order valence-electron chi connectivity index (χ0n) is 43.3. The minimum atomic E-state index is -0.433. The second-order valence-corrected chi connectivity index (χ2v) is 19.6. The number of benzene rings is 11. The largest absolute Gasteiger partial charge is 0.310 e. The van der Waals surface area contributed by atoms with Gasteiger partial charge in [0.15, 0.2) is 0 Å². The third-order valence-electron chi connectivity index (χ3n) is 13.1. The average Bonchev–Trinajstić information content (AvgIpc) is 4.04. The Morgan fingerprint density at radius 2 is 0.563 bits per heavy atom. The van der Waals surface area contributed by atoms with Crippen molar-refractivity contribution in [1.82, 2.24) is 0 Å². The van der Waals surface area contributed by atoms with Gasteiger partial charge in [-0.25, -0.2) is 0 Å². The van der Waals surface area contributed by atoms with E-state index in [1.807, 2.05) is 41.3 Å². The van der Waals surface area contributed by atoms with Crippen LogP contribution in [0.4, 0.5) is 51.2 Å². The van der Waals surface area contributed by atoms with Crippen LogP contribution in [0.1, 0.15) is 6.85 Å². The summed E-state index contributed by atoms with van der Waals surface area (Å²) in [5, 5.41) is 4.14. The van der Waals surface area contributed by atoms with Gasteiger partial charge in [0.1, 0.15) is 0 Å². The van der Waals surface area contributed by atoms with Gasteiger partial charge in [-0.1, -0.05) is 152 Å². The number of nitrogens with zero attached hydrogens (tertiary/aromatic N) is 3. The number of para-hydroxylation sites is 3. The Labute approximate surface area is 428 Å². The van der Waals surface area contributed by atoms with Crippen molar-refractivity contribution in [3.8, 4) is 22.3 Å². The van der Waals surface area contributed by atoms with Crippen molar-refractivity contribution < 1.29 is 6.85 Å². The fourth-order valence-electron chi connectivity index (χ4n) is 9.74. The normalized spacial score (nSPS) is 12.4. The molecule has 5 heteroatoms. The van der Waals surface area contributed by atoms with Crippen LogP contribution >= 0.6 is 22.7 Å². The zero-order chi connectivity index (χ0) is 51.4. The number of thiophene rings is 2. The highest BCUT2D eigenvalue weighted by molar-refractivity contribution is 7.26. The molecule has 2 aromatic heterocycles. The van der Waals surface area contributed by atoms with E-state index in [0.717, 1.165) is 85.6 Å². The van der Waals surface area contributed by atoms with Crippen LogP contribution < -0.4 is 14.7 Å². The molecule has 0 unspecified atom stereocenters. The quantitative estimate of drug-likeness (QED) is 0.128. The lowest BCUT2D eigenvalue weighted by atomic mass is 10.0. The molecular formula is C66H45N3S2. The van der Waals surface area contributed by atoms with E-state index < -0.39 is 6.04 Å². The Morgan fingerprint density at radius 3 is 0.986 bits per heavy atom. The minimum absolute atomic E-state index is 0.0851. The van der Waals surface area contributed by atoms with Crippen molar-refractivity contribution in [3.63, 3.8) is 0 Å². The molecule has 71 heavy (non-hydrogen) atoms. The summed E-state index contributed by atoms with van der Waals surface area (Å²) in [7, 11) is 0. The Morgan fingerprint density at radius 1 is 0.239 bits per heavy atom. The SMILES string of the molecule is [2H]c1c([2H])c([2H])c(N(c2ccc3sc4cc(N(c5ccccc5)c5ccc(-c6ccccc6)cc5)ccc4c3c2)c2ccc3sc4cc(N(c5ccccc5)c5ccc(-c6ccccc6)cc5)ccc4c3c2)c([2H])c1[2H]. The molecule has 336 valence electrons. The smallest absolute Gasteiger partial charge is 0.0645 e. The van der Waals surface area contributed by atoms with E-state index in [4.69, 9.17) is 4.11 Å². The lowest BCUT2D eigenvalue weighted by Gasteiger charge is -2.26. The predicted octanol–water partition coefficient (Wildman–Crippen LogP) is 20.2. The van der Waals surface area contributed by atoms with Gasteiger partial charge in [0.25, 0.3) is 0 Å². The molecule has 0 bridgehead atoms. The molecule has 0 spiro atoms. The third kappa shape index (κ3) is 8.07. The van der Waals surface area contributed by atoms with Gasteiger partial charge in [0, 0.05) is 91.5 Å². The van der Waals surface area contributed by atoms with Crippen LogP contribution in [0.2, 0.25) is 0 Å². The molecule has 0 aliphatic heterocycles. The fraction of sp³-hybridized carbons (Fsp3) is 0. The minimum Gasteiger partial charge on any atom is -0.310 e. The molecule has 3 nitrogen and oxygen atoms in total. The van der Waals surface area contributed by atoms with E-state index in [9.17, 15) is 2.74 Å². The molecule has 0 radical (unpaired) electrons. The number of hydrogen-bond acceptors (Lipinski definition) is 5. The van der Waals surface area contributed by atoms with Crippen LogP contribution in [0.25, 0.3) is 62.6 Å². The summed E-state index contributed by atoms with van der Waals surface area (Å²) in [5.41, 5.74) is 12.3. The first-order valence-corrected chi connectivity index (χ1v) is 25.2.